The number of aryl methyl sites for hydroxylation is 1. The van der Waals surface area contributed by atoms with Gasteiger partial charge in [0, 0.05) is 0 Å². The number of carbonyl (C=O) groups is 1. The molecule has 2 heterocycles. The minimum absolute atomic E-state index is 0.279. The van der Waals surface area contributed by atoms with Gasteiger partial charge in [-0.3, -0.25) is 0 Å². The maximum Gasteiger partial charge on any atom is 0.335 e. The Morgan fingerprint density at radius 3 is 3.00 bits per heavy atom. The molecule has 7 heteroatoms. The lowest BCUT2D eigenvalue weighted by Crippen LogP contribution is -1.94. The molecule has 0 unspecified atom stereocenters. The van der Waals surface area contributed by atoms with E-state index in [-0.39, 0.29) is 5.56 Å². The van der Waals surface area contributed by atoms with Gasteiger partial charge in [0.2, 0.25) is 0 Å². The average Bonchev–Trinajstić information content (AvgIpc) is 3.03. The number of fused-ring (bicyclic) bond motifs is 1. The molecule has 0 aliphatic carbocycles. The first-order chi connectivity index (χ1) is 9.19. The molecule has 0 radical (unpaired) electrons. The van der Waals surface area contributed by atoms with E-state index in [0.29, 0.717) is 0 Å². The highest BCUT2D eigenvalue weighted by Crippen LogP contribution is 2.34. The molecule has 0 fully saturated rings. The third-order valence-corrected chi connectivity index (χ3v) is 4.66. The molecule has 0 aliphatic heterocycles. The number of thiazole rings is 1. The lowest BCUT2D eigenvalue weighted by Gasteiger charge is -1.91. The molecule has 1 aromatic carbocycles. The van der Waals surface area contributed by atoms with Gasteiger partial charge in [0.25, 0.3) is 0 Å². The summed E-state index contributed by atoms with van der Waals surface area (Å²) in [4.78, 5) is 16.4. The number of hydrogen-bond acceptors (Lipinski definition) is 6. The van der Waals surface area contributed by atoms with Crippen LogP contribution in [0.25, 0.3) is 20.1 Å². The van der Waals surface area contributed by atoms with Gasteiger partial charge >= 0.3 is 5.97 Å². The summed E-state index contributed by atoms with van der Waals surface area (Å²) in [6.07, 6.45) is 0.808. The van der Waals surface area contributed by atoms with E-state index in [1.165, 1.54) is 22.9 Å². The summed E-state index contributed by atoms with van der Waals surface area (Å²) < 4.78 is 4.82. The second-order valence-corrected chi connectivity index (χ2v) is 5.69. The Hall–Kier alpha value is -1.86. The van der Waals surface area contributed by atoms with Crippen molar-refractivity contribution >= 4 is 39.1 Å². The highest BCUT2D eigenvalue weighted by atomic mass is 32.1. The first-order valence-electron chi connectivity index (χ1n) is 5.64. The maximum absolute atomic E-state index is 10.9. The van der Waals surface area contributed by atoms with Gasteiger partial charge in [0.15, 0.2) is 0 Å². The minimum atomic E-state index is -0.925. The van der Waals surface area contributed by atoms with Crippen molar-refractivity contribution in [3.05, 3.63) is 29.5 Å². The lowest BCUT2D eigenvalue weighted by molar-refractivity contribution is 0.0697. The molecule has 3 rings (SSSR count). The molecular weight excluding hydrogens is 282 g/mol. The maximum atomic E-state index is 10.9. The summed E-state index contributed by atoms with van der Waals surface area (Å²) in [6.45, 7) is 2.02. The zero-order chi connectivity index (χ0) is 13.4. The van der Waals surface area contributed by atoms with E-state index in [4.69, 9.17) is 5.11 Å². The molecule has 5 nitrogen and oxygen atoms in total. The zero-order valence-corrected chi connectivity index (χ0v) is 11.6. The van der Waals surface area contributed by atoms with Crippen LogP contribution in [0.15, 0.2) is 18.2 Å². The fourth-order valence-corrected chi connectivity index (χ4v) is 3.60. The number of nitrogens with zero attached hydrogens (tertiary/aromatic N) is 3. The Kier molecular flexibility index (Phi) is 3.00. The normalized spacial score (nSPS) is 11.0. The Morgan fingerprint density at radius 2 is 2.26 bits per heavy atom. The van der Waals surface area contributed by atoms with Crippen LogP contribution in [0.4, 0.5) is 0 Å². The topological polar surface area (TPSA) is 76.0 Å². The molecule has 0 spiro atoms. The monoisotopic (exact) mass is 291 g/mol. The molecule has 0 bridgehead atoms. The molecule has 0 aliphatic rings. The number of rotatable bonds is 3. The second-order valence-electron chi connectivity index (χ2n) is 3.91. The number of benzene rings is 1. The van der Waals surface area contributed by atoms with Crippen LogP contribution in [0, 0.1) is 0 Å². The van der Waals surface area contributed by atoms with Gasteiger partial charge in [-0.25, -0.2) is 9.78 Å². The van der Waals surface area contributed by atoms with Crippen LogP contribution < -0.4 is 0 Å². The van der Waals surface area contributed by atoms with Crippen LogP contribution in [0.5, 0.6) is 0 Å². The smallest absolute Gasteiger partial charge is 0.335 e. The van der Waals surface area contributed by atoms with Gasteiger partial charge in [0.1, 0.15) is 9.88 Å². The van der Waals surface area contributed by atoms with Gasteiger partial charge in [0.05, 0.1) is 21.5 Å². The molecule has 3 aromatic rings. The fourth-order valence-electron chi connectivity index (χ4n) is 1.76. The first kappa shape index (κ1) is 12.2. The Morgan fingerprint density at radius 1 is 1.42 bits per heavy atom. The van der Waals surface area contributed by atoms with Gasteiger partial charge in [-0.1, -0.05) is 11.4 Å². The molecule has 1 N–H and O–H groups in total. The number of hydrogen-bond donors (Lipinski definition) is 1. The SMILES string of the molecule is CCc1nnsc1-c1nc2ccc(C(=O)O)cc2s1. The van der Waals surface area contributed by atoms with E-state index in [2.05, 4.69) is 14.6 Å². The van der Waals surface area contributed by atoms with Crippen molar-refractivity contribution in [1.29, 1.82) is 0 Å². The summed E-state index contributed by atoms with van der Waals surface area (Å²) in [6, 6.07) is 4.96. The molecule has 0 amide bonds. The van der Waals surface area contributed by atoms with Crippen molar-refractivity contribution in [2.75, 3.05) is 0 Å². The van der Waals surface area contributed by atoms with Crippen LogP contribution in [-0.2, 0) is 6.42 Å². The van der Waals surface area contributed by atoms with E-state index in [1.807, 2.05) is 6.92 Å². The van der Waals surface area contributed by atoms with Crippen molar-refractivity contribution in [3.8, 4) is 9.88 Å². The van der Waals surface area contributed by atoms with Crippen molar-refractivity contribution in [2.45, 2.75) is 13.3 Å². The third-order valence-electron chi connectivity index (χ3n) is 2.72. The van der Waals surface area contributed by atoms with Crippen LogP contribution in [-0.4, -0.2) is 25.6 Å². The van der Waals surface area contributed by atoms with Crippen molar-refractivity contribution < 1.29 is 9.90 Å². The second kappa shape index (κ2) is 4.67. The number of aromatic carboxylic acids is 1. The number of aromatic nitrogens is 3. The quantitative estimate of drug-likeness (QED) is 0.802. The Balaban J connectivity index is 2.14. The third kappa shape index (κ3) is 2.11. The summed E-state index contributed by atoms with van der Waals surface area (Å²) >= 11 is 2.80. The molecule has 0 atom stereocenters. The van der Waals surface area contributed by atoms with E-state index in [0.717, 1.165) is 32.2 Å². The van der Waals surface area contributed by atoms with E-state index in [9.17, 15) is 4.79 Å². The zero-order valence-electron chi connectivity index (χ0n) is 9.95. The fraction of sp³-hybridized carbons (Fsp3) is 0.167. The predicted octanol–water partition coefficient (Wildman–Crippen LogP) is 3.08. The van der Waals surface area contributed by atoms with Gasteiger partial charge in [-0.05, 0) is 36.2 Å². The first-order valence-corrected chi connectivity index (χ1v) is 7.23. The summed E-state index contributed by atoms with van der Waals surface area (Å²) in [5.41, 5.74) is 2.02. The predicted molar refractivity (Wildman–Crippen MR) is 74.9 cm³/mol. The largest absolute Gasteiger partial charge is 0.478 e. The van der Waals surface area contributed by atoms with Crippen LogP contribution in [0.3, 0.4) is 0 Å². The number of carboxylic acid groups (broad SMARTS) is 1. The molecule has 2 aromatic heterocycles. The van der Waals surface area contributed by atoms with Crippen molar-refractivity contribution in [3.63, 3.8) is 0 Å². The Labute approximate surface area is 116 Å². The van der Waals surface area contributed by atoms with Crippen molar-refractivity contribution in [1.82, 2.24) is 14.6 Å². The van der Waals surface area contributed by atoms with Crippen LogP contribution in [0.1, 0.15) is 23.0 Å². The molecule has 19 heavy (non-hydrogen) atoms. The van der Waals surface area contributed by atoms with E-state index < -0.39 is 5.97 Å². The van der Waals surface area contributed by atoms with Gasteiger partial charge < -0.3 is 5.11 Å². The molecule has 0 saturated heterocycles. The highest BCUT2D eigenvalue weighted by molar-refractivity contribution is 7.24. The molecule has 96 valence electrons. The van der Waals surface area contributed by atoms with Crippen LogP contribution in [0.2, 0.25) is 0 Å². The van der Waals surface area contributed by atoms with E-state index in [1.54, 1.807) is 18.2 Å². The average molecular weight is 291 g/mol. The minimum Gasteiger partial charge on any atom is -0.478 e. The van der Waals surface area contributed by atoms with Gasteiger partial charge in [-0.2, -0.15) is 0 Å². The summed E-state index contributed by atoms with van der Waals surface area (Å²) in [5, 5.41) is 13.9. The van der Waals surface area contributed by atoms with E-state index >= 15 is 0 Å². The standard InChI is InChI=1S/C12H9N3O2S2/c1-2-7-10(19-15-14-7)11-13-8-4-3-6(12(16)17)5-9(8)18-11/h3-5H,2H2,1H3,(H,16,17). The van der Waals surface area contributed by atoms with Gasteiger partial charge in [-0.15, -0.1) is 16.4 Å². The van der Waals surface area contributed by atoms with Crippen LogP contribution >= 0.6 is 22.9 Å². The lowest BCUT2D eigenvalue weighted by atomic mass is 10.2. The number of carboxylic acids is 1. The molecule has 0 saturated carbocycles. The molecular formula is C12H9N3O2S2. The summed E-state index contributed by atoms with van der Waals surface area (Å²) in [7, 11) is 0. The highest BCUT2D eigenvalue weighted by Gasteiger charge is 2.14. The van der Waals surface area contributed by atoms with Crippen molar-refractivity contribution in [2.24, 2.45) is 0 Å². The Bertz CT molecular complexity index is 763. The summed E-state index contributed by atoms with van der Waals surface area (Å²) in [5.74, 6) is -0.925.